The molecule has 1 aliphatic heterocycles. The molecular weight excluding hydrogens is 248 g/mol. The van der Waals surface area contributed by atoms with Gasteiger partial charge in [-0.1, -0.05) is 23.7 Å². The first kappa shape index (κ1) is 13.9. The summed E-state index contributed by atoms with van der Waals surface area (Å²) in [5.74, 6) is -0.316. The monoisotopic (exact) mass is 267 g/mol. The van der Waals surface area contributed by atoms with E-state index in [2.05, 4.69) is 0 Å². The van der Waals surface area contributed by atoms with Gasteiger partial charge in [0.2, 0.25) is 0 Å². The molecule has 1 heterocycles. The number of rotatable bonds is 2. The van der Waals surface area contributed by atoms with Crippen LogP contribution < -0.4 is 5.73 Å². The first-order valence-electron chi connectivity index (χ1n) is 6.10. The molecule has 3 nitrogen and oxygen atoms in total. The zero-order valence-electron chi connectivity index (χ0n) is 11.2. The van der Waals surface area contributed by atoms with Crippen LogP contribution in [0.3, 0.4) is 0 Å². The van der Waals surface area contributed by atoms with Crippen LogP contribution in [0.25, 0.3) is 0 Å². The molecule has 1 aromatic rings. The molecule has 1 aliphatic rings. The van der Waals surface area contributed by atoms with E-state index in [9.17, 15) is 0 Å². The number of hydrogen-bond acceptors (Lipinski definition) is 3. The topological polar surface area (TPSA) is 44.5 Å². The zero-order valence-corrected chi connectivity index (χ0v) is 12.0. The molecule has 0 spiro atoms. The van der Waals surface area contributed by atoms with Crippen molar-refractivity contribution >= 4 is 18.7 Å². The highest BCUT2D eigenvalue weighted by molar-refractivity contribution is 6.47. The van der Waals surface area contributed by atoms with E-state index >= 15 is 0 Å². The Labute approximate surface area is 114 Å². The van der Waals surface area contributed by atoms with Crippen molar-refractivity contribution in [1.82, 2.24) is 0 Å². The smallest absolute Gasteiger partial charge is 0.402 e. The average Bonchev–Trinajstić information content (AvgIpc) is 2.48. The van der Waals surface area contributed by atoms with Gasteiger partial charge in [0.15, 0.2) is 0 Å². The van der Waals surface area contributed by atoms with Crippen LogP contribution in [0.1, 0.15) is 39.2 Å². The van der Waals surface area contributed by atoms with E-state index in [1.807, 2.05) is 52.0 Å². The summed E-state index contributed by atoms with van der Waals surface area (Å²) in [6.45, 7) is 8.06. The average molecular weight is 268 g/mol. The van der Waals surface area contributed by atoms with Gasteiger partial charge in [0.05, 0.1) is 17.1 Å². The predicted molar refractivity (Wildman–Crippen MR) is 74.5 cm³/mol. The fourth-order valence-corrected chi connectivity index (χ4v) is 2.00. The third-order valence-electron chi connectivity index (χ3n) is 3.82. The largest absolute Gasteiger partial charge is 0.480 e. The summed E-state index contributed by atoms with van der Waals surface area (Å²) in [5.41, 5.74) is 6.44. The van der Waals surface area contributed by atoms with Crippen molar-refractivity contribution in [2.24, 2.45) is 5.73 Å². The van der Waals surface area contributed by atoms with E-state index in [-0.39, 0.29) is 17.1 Å². The molecule has 98 valence electrons. The maximum absolute atomic E-state index is 6.20. The summed E-state index contributed by atoms with van der Waals surface area (Å²) >= 11 is 5.86. The first-order chi connectivity index (χ1) is 8.23. The second-order valence-electron chi connectivity index (χ2n) is 5.70. The zero-order chi connectivity index (χ0) is 13.6. The van der Waals surface area contributed by atoms with Crippen molar-refractivity contribution in [2.45, 2.75) is 44.8 Å². The number of nitrogens with two attached hydrogens (primary N) is 1. The molecule has 0 radical (unpaired) electrons. The number of benzene rings is 1. The third kappa shape index (κ3) is 2.43. The van der Waals surface area contributed by atoms with Gasteiger partial charge in [-0.2, -0.15) is 0 Å². The molecule has 1 saturated heterocycles. The Morgan fingerprint density at radius 1 is 1.06 bits per heavy atom. The standard InChI is InChI=1S/C13H19BClNO2/c1-12(2)13(3,4)18-14(17-12)11(16)9-5-7-10(15)8-6-9/h5-8,11H,16H2,1-4H3/t11-/m0/s1. The van der Waals surface area contributed by atoms with Crippen molar-refractivity contribution in [1.29, 1.82) is 0 Å². The van der Waals surface area contributed by atoms with Gasteiger partial charge in [-0.05, 0) is 45.4 Å². The Balaban J connectivity index is 2.17. The van der Waals surface area contributed by atoms with E-state index in [0.29, 0.717) is 5.02 Å². The molecule has 0 unspecified atom stereocenters. The molecule has 2 N–H and O–H groups in total. The van der Waals surface area contributed by atoms with Crippen molar-refractivity contribution in [3.8, 4) is 0 Å². The summed E-state index contributed by atoms with van der Waals surface area (Å²) in [7, 11) is -0.434. The predicted octanol–water partition coefficient (Wildman–Crippen LogP) is 2.97. The summed E-state index contributed by atoms with van der Waals surface area (Å²) in [6.07, 6.45) is 0. The van der Waals surface area contributed by atoms with Crippen LogP contribution in [0.15, 0.2) is 24.3 Å². The fraction of sp³-hybridized carbons (Fsp3) is 0.538. The molecule has 18 heavy (non-hydrogen) atoms. The van der Waals surface area contributed by atoms with Crippen LogP contribution in [0.2, 0.25) is 5.02 Å². The Morgan fingerprint density at radius 3 is 1.94 bits per heavy atom. The van der Waals surface area contributed by atoms with Crippen molar-refractivity contribution in [3.05, 3.63) is 34.9 Å². The Kier molecular flexibility index (Phi) is 3.49. The lowest BCUT2D eigenvalue weighted by Gasteiger charge is -2.32. The molecule has 0 saturated carbocycles. The first-order valence-corrected chi connectivity index (χ1v) is 6.47. The van der Waals surface area contributed by atoms with E-state index in [1.54, 1.807) is 0 Å². The van der Waals surface area contributed by atoms with E-state index in [1.165, 1.54) is 0 Å². The van der Waals surface area contributed by atoms with E-state index < -0.39 is 7.12 Å². The lowest BCUT2D eigenvalue weighted by Crippen LogP contribution is -2.41. The minimum absolute atomic E-state index is 0.316. The van der Waals surface area contributed by atoms with Crippen LogP contribution in [0.5, 0.6) is 0 Å². The van der Waals surface area contributed by atoms with Gasteiger partial charge >= 0.3 is 7.12 Å². The molecule has 0 bridgehead atoms. The lowest BCUT2D eigenvalue weighted by atomic mass is 9.75. The Hall–Kier alpha value is -0.545. The van der Waals surface area contributed by atoms with Crippen molar-refractivity contribution in [3.63, 3.8) is 0 Å². The molecule has 0 aromatic heterocycles. The molecular formula is C13H19BClNO2. The molecule has 1 fully saturated rings. The Morgan fingerprint density at radius 2 is 1.50 bits per heavy atom. The van der Waals surface area contributed by atoms with Crippen molar-refractivity contribution in [2.75, 3.05) is 0 Å². The van der Waals surface area contributed by atoms with E-state index in [0.717, 1.165) is 5.56 Å². The van der Waals surface area contributed by atoms with Crippen molar-refractivity contribution < 1.29 is 9.31 Å². The minimum atomic E-state index is -0.434. The summed E-state index contributed by atoms with van der Waals surface area (Å²) < 4.78 is 11.9. The number of hydrogen-bond donors (Lipinski definition) is 1. The molecule has 1 aromatic carbocycles. The van der Waals surface area contributed by atoms with Gasteiger partial charge in [-0.3, -0.25) is 0 Å². The number of halogens is 1. The molecule has 0 amide bonds. The van der Waals surface area contributed by atoms with Gasteiger partial charge in [0, 0.05) is 5.02 Å². The second-order valence-corrected chi connectivity index (χ2v) is 6.14. The fourth-order valence-electron chi connectivity index (χ4n) is 1.88. The van der Waals surface area contributed by atoms with Crippen LogP contribution in [0, 0.1) is 0 Å². The molecule has 0 aliphatic carbocycles. The van der Waals surface area contributed by atoms with Gasteiger partial charge in [-0.15, -0.1) is 0 Å². The van der Waals surface area contributed by atoms with E-state index in [4.69, 9.17) is 26.6 Å². The SMILES string of the molecule is CC1(C)OB([C@@H](N)c2ccc(Cl)cc2)OC1(C)C. The normalized spacial score (nSPS) is 23.1. The van der Waals surface area contributed by atoms with Crippen LogP contribution in [0.4, 0.5) is 0 Å². The van der Waals surface area contributed by atoms with Crippen LogP contribution in [-0.2, 0) is 9.31 Å². The highest BCUT2D eigenvalue weighted by Gasteiger charge is 2.53. The van der Waals surface area contributed by atoms with Crippen LogP contribution >= 0.6 is 11.6 Å². The molecule has 2 rings (SSSR count). The second kappa shape index (κ2) is 4.53. The highest BCUT2D eigenvalue weighted by atomic mass is 35.5. The van der Waals surface area contributed by atoms with Crippen LogP contribution in [-0.4, -0.2) is 18.3 Å². The molecule has 5 heteroatoms. The maximum atomic E-state index is 6.20. The highest BCUT2D eigenvalue weighted by Crippen LogP contribution is 2.39. The summed E-state index contributed by atoms with van der Waals surface area (Å²) in [4.78, 5) is 0. The summed E-state index contributed by atoms with van der Waals surface area (Å²) in [6, 6.07) is 7.44. The quantitative estimate of drug-likeness (QED) is 0.838. The maximum Gasteiger partial charge on any atom is 0.480 e. The third-order valence-corrected chi connectivity index (χ3v) is 4.07. The summed E-state index contributed by atoms with van der Waals surface area (Å²) in [5, 5.41) is 0.694. The molecule has 1 atom stereocenters. The van der Waals surface area contributed by atoms with Gasteiger partial charge in [-0.25, -0.2) is 0 Å². The van der Waals surface area contributed by atoms with Gasteiger partial charge in [0.1, 0.15) is 0 Å². The van der Waals surface area contributed by atoms with Gasteiger partial charge < -0.3 is 15.0 Å². The minimum Gasteiger partial charge on any atom is -0.402 e. The lowest BCUT2D eigenvalue weighted by molar-refractivity contribution is 0.00578. The van der Waals surface area contributed by atoms with Gasteiger partial charge in [0.25, 0.3) is 0 Å². The Bertz CT molecular complexity index is 417.